The largest absolute Gasteiger partial charge is 0.481 e. The number of hydrogen-bond donors (Lipinski definition) is 3. The van der Waals surface area contributed by atoms with Crippen LogP contribution in [0.25, 0.3) is 0 Å². The highest BCUT2D eigenvalue weighted by Crippen LogP contribution is 2.21. The Labute approximate surface area is 166 Å². The molecule has 1 aromatic carbocycles. The number of aliphatic carboxylic acids is 1. The van der Waals surface area contributed by atoms with Crippen LogP contribution in [-0.4, -0.2) is 47.5 Å². The van der Waals surface area contributed by atoms with Crippen molar-refractivity contribution in [2.75, 3.05) is 25.0 Å². The van der Waals surface area contributed by atoms with E-state index in [1.54, 1.807) is 11.0 Å². The molecule has 0 bridgehead atoms. The summed E-state index contributed by atoms with van der Waals surface area (Å²) in [5.41, 5.74) is 1.56. The normalized spacial score (nSPS) is 16.7. The van der Waals surface area contributed by atoms with Crippen LogP contribution < -0.4 is 10.6 Å². The molecule has 1 fully saturated rings. The topological polar surface area (TPSA) is 98.7 Å². The van der Waals surface area contributed by atoms with Gasteiger partial charge in [0.15, 0.2) is 0 Å². The van der Waals surface area contributed by atoms with Crippen LogP contribution in [0.15, 0.2) is 24.3 Å². The second-order valence-electron chi connectivity index (χ2n) is 7.88. The first-order valence-corrected chi connectivity index (χ1v) is 9.97. The van der Waals surface area contributed by atoms with Crippen molar-refractivity contribution in [3.8, 4) is 0 Å². The molecule has 3 amide bonds. The van der Waals surface area contributed by atoms with Gasteiger partial charge in [-0.3, -0.25) is 9.59 Å². The molecule has 0 radical (unpaired) electrons. The molecular weight excluding hydrogens is 358 g/mol. The number of hydrogen-bond acceptors (Lipinski definition) is 3. The number of amides is 3. The Hall–Kier alpha value is -2.57. The molecule has 1 aliphatic heterocycles. The lowest BCUT2D eigenvalue weighted by atomic mass is 9.94. The molecule has 3 N–H and O–H groups in total. The number of nitrogens with one attached hydrogen (secondary N) is 2. The summed E-state index contributed by atoms with van der Waals surface area (Å²) in [6.45, 7) is 6.09. The Morgan fingerprint density at radius 1 is 1.29 bits per heavy atom. The quantitative estimate of drug-likeness (QED) is 0.636. The minimum absolute atomic E-state index is 0.0510. The SMILES string of the molecule is CC(C)CNC(=O)N1CCCC(CC(=O)Nc2cccc(CCC(=O)O)c2)C1. The van der Waals surface area contributed by atoms with Gasteiger partial charge >= 0.3 is 12.0 Å². The van der Waals surface area contributed by atoms with Gasteiger partial charge in [-0.05, 0) is 48.8 Å². The number of carbonyl (C=O) groups is 3. The summed E-state index contributed by atoms with van der Waals surface area (Å²) in [4.78, 5) is 37.2. The Morgan fingerprint density at radius 2 is 2.07 bits per heavy atom. The second kappa shape index (κ2) is 10.7. The third-order valence-corrected chi connectivity index (χ3v) is 4.78. The first kappa shape index (κ1) is 21.7. The number of piperidine rings is 1. The maximum Gasteiger partial charge on any atom is 0.317 e. The lowest BCUT2D eigenvalue weighted by Gasteiger charge is -2.32. The number of carboxylic acids is 1. The number of benzene rings is 1. The molecule has 7 nitrogen and oxygen atoms in total. The van der Waals surface area contributed by atoms with Gasteiger partial charge in [0.1, 0.15) is 0 Å². The molecule has 1 aromatic rings. The minimum atomic E-state index is -0.839. The van der Waals surface area contributed by atoms with Gasteiger partial charge in [-0.25, -0.2) is 4.79 Å². The van der Waals surface area contributed by atoms with Gasteiger partial charge in [-0.15, -0.1) is 0 Å². The summed E-state index contributed by atoms with van der Waals surface area (Å²) in [5, 5.41) is 14.6. The van der Waals surface area contributed by atoms with Crippen molar-refractivity contribution in [2.24, 2.45) is 11.8 Å². The molecule has 1 saturated heterocycles. The zero-order valence-corrected chi connectivity index (χ0v) is 16.7. The van der Waals surface area contributed by atoms with E-state index in [-0.39, 0.29) is 24.3 Å². The van der Waals surface area contributed by atoms with Crippen LogP contribution in [0.2, 0.25) is 0 Å². The number of urea groups is 1. The summed E-state index contributed by atoms with van der Waals surface area (Å²) in [6.07, 6.45) is 2.70. The van der Waals surface area contributed by atoms with Gasteiger partial charge in [-0.1, -0.05) is 26.0 Å². The van der Waals surface area contributed by atoms with Crippen molar-refractivity contribution in [1.29, 1.82) is 0 Å². The van der Waals surface area contributed by atoms with Crippen molar-refractivity contribution in [1.82, 2.24) is 10.2 Å². The Morgan fingerprint density at radius 3 is 2.79 bits per heavy atom. The number of rotatable bonds is 8. The molecule has 1 atom stereocenters. The number of anilines is 1. The van der Waals surface area contributed by atoms with Gasteiger partial charge in [-0.2, -0.15) is 0 Å². The Balaban J connectivity index is 1.83. The third kappa shape index (κ3) is 7.58. The lowest BCUT2D eigenvalue weighted by Crippen LogP contribution is -2.46. The summed E-state index contributed by atoms with van der Waals surface area (Å²) in [7, 11) is 0. The average molecular weight is 389 g/mol. The van der Waals surface area contributed by atoms with Gasteiger partial charge in [0.25, 0.3) is 0 Å². The second-order valence-corrected chi connectivity index (χ2v) is 7.88. The van der Waals surface area contributed by atoms with Crippen molar-refractivity contribution in [2.45, 2.75) is 46.0 Å². The fourth-order valence-corrected chi connectivity index (χ4v) is 3.35. The smallest absolute Gasteiger partial charge is 0.317 e. The molecule has 2 rings (SSSR count). The van der Waals surface area contributed by atoms with E-state index in [4.69, 9.17) is 5.11 Å². The monoisotopic (exact) mass is 389 g/mol. The number of carboxylic acid groups (broad SMARTS) is 1. The van der Waals surface area contributed by atoms with E-state index in [1.807, 2.05) is 18.2 Å². The summed E-state index contributed by atoms with van der Waals surface area (Å²) >= 11 is 0. The molecule has 0 spiro atoms. The highest BCUT2D eigenvalue weighted by atomic mass is 16.4. The molecular formula is C21H31N3O4. The van der Waals surface area contributed by atoms with Crippen LogP contribution in [-0.2, 0) is 16.0 Å². The van der Waals surface area contributed by atoms with Crippen LogP contribution in [0.1, 0.15) is 45.1 Å². The number of likely N-dealkylation sites (tertiary alicyclic amines) is 1. The van der Waals surface area contributed by atoms with Gasteiger partial charge in [0.05, 0.1) is 0 Å². The number of aryl methyl sites for hydroxylation is 1. The molecule has 1 unspecified atom stereocenters. The fourth-order valence-electron chi connectivity index (χ4n) is 3.35. The fraction of sp³-hybridized carbons (Fsp3) is 0.571. The lowest BCUT2D eigenvalue weighted by molar-refractivity contribution is -0.137. The maximum atomic E-state index is 12.4. The molecule has 1 heterocycles. The van der Waals surface area contributed by atoms with Crippen molar-refractivity contribution in [3.63, 3.8) is 0 Å². The Kier molecular flexibility index (Phi) is 8.29. The third-order valence-electron chi connectivity index (χ3n) is 4.78. The maximum absolute atomic E-state index is 12.4. The first-order chi connectivity index (χ1) is 13.3. The highest BCUT2D eigenvalue weighted by molar-refractivity contribution is 5.91. The van der Waals surface area contributed by atoms with E-state index in [2.05, 4.69) is 24.5 Å². The predicted molar refractivity (Wildman–Crippen MR) is 108 cm³/mol. The predicted octanol–water partition coefficient (Wildman–Crippen LogP) is 3.11. The van der Waals surface area contributed by atoms with Crippen molar-refractivity contribution in [3.05, 3.63) is 29.8 Å². The zero-order chi connectivity index (χ0) is 20.5. The van der Waals surface area contributed by atoms with Crippen LogP contribution in [0.3, 0.4) is 0 Å². The molecule has 28 heavy (non-hydrogen) atoms. The van der Waals surface area contributed by atoms with E-state index in [9.17, 15) is 14.4 Å². The zero-order valence-electron chi connectivity index (χ0n) is 16.7. The minimum Gasteiger partial charge on any atom is -0.481 e. The number of carbonyl (C=O) groups excluding carboxylic acids is 2. The summed E-state index contributed by atoms with van der Waals surface area (Å²) in [5.74, 6) is -0.367. The Bertz CT molecular complexity index is 690. The van der Waals surface area contributed by atoms with Crippen LogP contribution >= 0.6 is 0 Å². The van der Waals surface area contributed by atoms with E-state index in [0.29, 0.717) is 37.5 Å². The average Bonchev–Trinajstić information content (AvgIpc) is 2.64. The van der Waals surface area contributed by atoms with E-state index >= 15 is 0 Å². The number of nitrogens with zero attached hydrogens (tertiary/aromatic N) is 1. The molecule has 1 aliphatic rings. The molecule has 7 heteroatoms. The first-order valence-electron chi connectivity index (χ1n) is 9.97. The molecule has 0 saturated carbocycles. The van der Waals surface area contributed by atoms with E-state index in [0.717, 1.165) is 24.9 Å². The van der Waals surface area contributed by atoms with Gasteiger partial charge < -0.3 is 20.6 Å². The molecule has 154 valence electrons. The van der Waals surface area contributed by atoms with Crippen LogP contribution in [0, 0.1) is 11.8 Å². The van der Waals surface area contributed by atoms with E-state index < -0.39 is 5.97 Å². The highest BCUT2D eigenvalue weighted by Gasteiger charge is 2.25. The van der Waals surface area contributed by atoms with E-state index in [1.165, 1.54) is 0 Å². The standard InChI is InChI=1S/C21H31N3O4/c1-15(2)13-22-21(28)24-10-4-6-17(14-24)12-19(25)23-18-7-3-5-16(11-18)8-9-20(26)27/h3,5,7,11,15,17H,4,6,8-10,12-14H2,1-2H3,(H,22,28)(H,23,25)(H,26,27). The summed E-state index contributed by atoms with van der Waals surface area (Å²) in [6, 6.07) is 7.23. The van der Waals surface area contributed by atoms with Gasteiger partial charge in [0, 0.05) is 38.2 Å². The van der Waals surface area contributed by atoms with Crippen LogP contribution in [0.5, 0.6) is 0 Å². The van der Waals surface area contributed by atoms with Crippen molar-refractivity contribution < 1.29 is 19.5 Å². The van der Waals surface area contributed by atoms with Gasteiger partial charge in [0.2, 0.25) is 5.91 Å². The van der Waals surface area contributed by atoms with Crippen LogP contribution in [0.4, 0.5) is 10.5 Å². The molecule has 0 aliphatic carbocycles. The molecule has 0 aromatic heterocycles. The summed E-state index contributed by atoms with van der Waals surface area (Å²) < 4.78 is 0. The van der Waals surface area contributed by atoms with Crippen molar-refractivity contribution >= 4 is 23.6 Å².